The third kappa shape index (κ3) is 3.96. The molecule has 1 aromatic heterocycles. The molecule has 0 aliphatic heterocycles. The highest BCUT2D eigenvalue weighted by molar-refractivity contribution is 7.98. The highest BCUT2D eigenvalue weighted by Crippen LogP contribution is 2.32. The summed E-state index contributed by atoms with van der Waals surface area (Å²) >= 11 is 7.58. The maximum absolute atomic E-state index is 12.9. The van der Waals surface area contributed by atoms with Gasteiger partial charge in [0.1, 0.15) is 10.8 Å². The van der Waals surface area contributed by atoms with Crippen molar-refractivity contribution in [3.05, 3.63) is 80.9 Å². The van der Waals surface area contributed by atoms with Gasteiger partial charge in [0.2, 0.25) is 0 Å². The fraction of sp³-hybridized carbons (Fsp3) is 0.273. The van der Waals surface area contributed by atoms with Crippen molar-refractivity contribution < 1.29 is 4.74 Å². The summed E-state index contributed by atoms with van der Waals surface area (Å²) in [6.07, 6.45) is 2.91. The minimum Gasteiger partial charge on any atom is -0.494 e. The zero-order valence-electron chi connectivity index (χ0n) is 15.7. The lowest BCUT2D eigenvalue weighted by molar-refractivity contribution is 0.340. The van der Waals surface area contributed by atoms with Gasteiger partial charge >= 0.3 is 5.69 Å². The predicted octanol–water partition coefficient (Wildman–Crippen LogP) is 5.07. The fourth-order valence-corrected chi connectivity index (χ4v) is 4.66. The molecule has 2 aromatic carbocycles. The van der Waals surface area contributed by atoms with Gasteiger partial charge in [-0.2, -0.15) is 4.98 Å². The monoisotopic (exact) mass is 412 g/mol. The van der Waals surface area contributed by atoms with Crippen molar-refractivity contribution in [1.82, 2.24) is 9.55 Å². The van der Waals surface area contributed by atoms with Gasteiger partial charge in [-0.1, -0.05) is 23.7 Å². The molecule has 6 heteroatoms. The van der Waals surface area contributed by atoms with Crippen LogP contribution in [0.1, 0.15) is 30.2 Å². The lowest BCUT2D eigenvalue weighted by Crippen LogP contribution is -2.25. The Bertz CT molecular complexity index is 1030. The van der Waals surface area contributed by atoms with E-state index < -0.39 is 0 Å². The van der Waals surface area contributed by atoms with Gasteiger partial charge < -0.3 is 4.74 Å². The van der Waals surface area contributed by atoms with Crippen LogP contribution in [-0.4, -0.2) is 16.2 Å². The maximum atomic E-state index is 12.9. The number of rotatable bonds is 6. The first-order chi connectivity index (χ1) is 13.7. The van der Waals surface area contributed by atoms with E-state index in [1.165, 1.54) is 11.1 Å². The lowest BCUT2D eigenvalue weighted by atomic mass is 10.2. The standard InChI is InChI=1S/C22H21ClN2O2S/c1-2-27-18-12-10-17(11-13-18)25-20-5-3-4-19(20)21(24-22(25)26)28-14-15-6-8-16(23)9-7-15/h6-13H,2-5,14H2,1H3. The number of aromatic nitrogens is 2. The smallest absolute Gasteiger partial charge is 0.353 e. The topological polar surface area (TPSA) is 44.1 Å². The van der Waals surface area contributed by atoms with Crippen LogP contribution in [0.5, 0.6) is 5.75 Å². The molecule has 4 nitrogen and oxygen atoms in total. The molecule has 1 aliphatic rings. The van der Waals surface area contributed by atoms with Crippen molar-refractivity contribution in [1.29, 1.82) is 0 Å². The summed E-state index contributed by atoms with van der Waals surface area (Å²) in [7, 11) is 0. The van der Waals surface area contributed by atoms with Gasteiger partial charge in [-0.25, -0.2) is 4.79 Å². The Morgan fingerprint density at radius 2 is 1.86 bits per heavy atom. The average molecular weight is 413 g/mol. The van der Waals surface area contributed by atoms with E-state index in [9.17, 15) is 4.79 Å². The van der Waals surface area contributed by atoms with Crippen molar-refractivity contribution in [2.45, 2.75) is 37.0 Å². The van der Waals surface area contributed by atoms with Gasteiger partial charge in [0.15, 0.2) is 0 Å². The van der Waals surface area contributed by atoms with Crippen LogP contribution in [0.4, 0.5) is 0 Å². The van der Waals surface area contributed by atoms with E-state index in [0.717, 1.165) is 52.2 Å². The summed E-state index contributed by atoms with van der Waals surface area (Å²) in [4.78, 5) is 17.3. The van der Waals surface area contributed by atoms with Crippen LogP contribution in [0.25, 0.3) is 5.69 Å². The number of halogens is 1. The van der Waals surface area contributed by atoms with Crippen molar-refractivity contribution in [2.24, 2.45) is 0 Å². The Kier molecular flexibility index (Phi) is 5.74. The zero-order valence-corrected chi connectivity index (χ0v) is 17.2. The van der Waals surface area contributed by atoms with E-state index >= 15 is 0 Å². The normalized spacial score (nSPS) is 12.8. The molecule has 144 valence electrons. The van der Waals surface area contributed by atoms with Crippen molar-refractivity contribution in [3.8, 4) is 11.4 Å². The molecule has 0 unspecified atom stereocenters. The molecule has 0 fully saturated rings. The molecule has 1 heterocycles. The molecular weight excluding hydrogens is 392 g/mol. The molecule has 28 heavy (non-hydrogen) atoms. The van der Waals surface area contributed by atoms with Gasteiger partial charge in [0.05, 0.1) is 12.3 Å². The van der Waals surface area contributed by atoms with E-state index in [-0.39, 0.29) is 5.69 Å². The summed E-state index contributed by atoms with van der Waals surface area (Å²) < 4.78 is 7.26. The molecule has 0 saturated heterocycles. The van der Waals surface area contributed by atoms with Gasteiger partial charge in [-0.3, -0.25) is 4.57 Å². The minimum atomic E-state index is -0.219. The molecule has 0 radical (unpaired) electrons. The van der Waals surface area contributed by atoms with Gasteiger partial charge in [0.25, 0.3) is 0 Å². The highest BCUT2D eigenvalue weighted by Gasteiger charge is 2.22. The highest BCUT2D eigenvalue weighted by atomic mass is 35.5. The van der Waals surface area contributed by atoms with Crippen LogP contribution in [0, 0.1) is 0 Å². The second kappa shape index (κ2) is 8.41. The van der Waals surface area contributed by atoms with E-state index in [0.29, 0.717) is 6.61 Å². The summed E-state index contributed by atoms with van der Waals surface area (Å²) in [5.74, 6) is 1.57. The average Bonchev–Trinajstić information content (AvgIpc) is 3.18. The van der Waals surface area contributed by atoms with Crippen LogP contribution in [0.15, 0.2) is 58.4 Å². The van der Waals surface area contributed by atoms with E-state index in [1.807, 2.05) is 55.5 Å². The summed E-state index contributed by atoms with van der Waals surface area (Å²) in [6, 6.07) is 15.4. The molecular formula is C22H21ClN2O2S. The maximum Gasteiger partial charge on any atom is 0.353 e. The number of nitrogens with zero attached hydrogens (tertiary/aromatic N) is 2. The van der Waals surface area contributed by atoms with Crippen LogP contribution >= 0.6 is 23.4 Å². The minimum absolute atomic E-state index is 0.219. The van der Waals surface area contributed by atoms with E-state index in [1.54, 1.807) is 16.3 Å². The molecule has 1 aliphatic carbocycles. The quantitative estimate of drug-likeness (QED) is 0.419. The lowest BCUT2D eigenvalue weighted by Gasteiger charge is -2.15. The molecule has 3 aromatic rings. The zero-order chi connectivity index (χ0) is 19.5. The third-order valence-corrected chi connectivity index (χ3v) is 6.14. The Balaban J connectivity index is 1.64. The first-order valence-electron chi connectivity index (χ1n) is 9.41. The summed E-state index contributed by atoms with van der Waals surface area (Å²) in [6.45, 7) is 2.57. The predicted molar refractivity (Wildman–Crippen MR) is 114 cm³/mol. The van der Waals surface area contributed by atoms with Crippen molar-refractivity contribution in [2.75, 3.05) is 6.61 Å². The number of benzene rings is 2. The molecule has 0 saturated carbocycles. The van der Waals surface area contributed by atoms with Crippen LogP contribution in [0.3, 0.4) is 0 Å². The number of hydrogen-bond acceptors (Lipinski definition) is 4. The summed E-state index contributed by atoms with van der Waals surface area (Å²) in [5.41, 5.74) is 4.07. The number of ether oxygens (including phenoxy) is 1. The van der Waals surface area contributed by atoms with E-state index in [2.05, 4.69) is 4.98 Å². The number of fused-ring (bicyclic) bond motifs is 1. The Labute approximate surface area is 173 Å². The van der Waals surface area contributed by atoms with Crippen LogP contribution in [-0.2, 0) is 18.6 Å². The first-order valence-corrected chi connectivity index (χ1v) is 10.8. The van der Waals surface area contributed by atoms with Crippen LogP contribution in [0.2, 0.25) is 5.02 Å². The van der Waals surface area contributed by atoms with Gasteiger partial charge in [-0.15, -0.1) is 11.8 Å². The molecule has 0 amide bonds. The third-order valence-electron chi connectivity index (χ3n) is 4.80. The molecule has 0 N–H and O–H groups in total. The van der Waals surface area contributed by atoms with Gasteiger partial charge in [0, 0.05) is 22.0 Å². The molecule has 0 bridgehead atoms. The molecule has 4 rings (SSSR count). The first kappa shape index (κ1) is 19.1. The SMILES string of the molecule is CCOc1ccc(-n2c3c(c(SCc4ccc(Cl)cc4)nc2=O)CCC3)cc1. The summed E-state index contributed by atoms with van der Waals surface area (Å²) in [5, 5.41) is 1.58. The van der Waals surface area contributed by atoms with E-state index in [4.69, 9.17) is 16.3 Å². The second-order valence-corrected chi connectivity index (χ2v) is 8.06. The van der Waals surface area contributed by atoms with Crippen molar-refractivity contribution in [3.63, 3.8) is 0 Å². The van der Waals surface area contributed by atoms with Gasteiger partial charge in [-0.05, 0) is 68.1 Å². The Morgan fingerprint density at radius 3 is 2.57 bits per heavy atom. The molecule has 0 spiro atoms. The Hall–Kier alpha value is -2.24. The molecule has 0 atom stereocenters. The van der Waals surface area contributed by atoms with Crippen molar-refractivity contribution >= 4 is 23.4 Å². The number of thioether (sulfide) groups is 1. The number of hydrogen-bond donors (Lipinski definition) is 0. The largest absolute Gasteiger partial charge is 0.494 e. The second-order valence-electron chi connectivity index (χ2n) is 6.66. The van der Waals surface area contributed by atoms with Crippen LogP contribution < -0.4 is 10.4 Å². The fourth-order valence-electron chi connectivity index (χ4n) is 3.50. The Morgan fingerprint density at radius 1 is 1.11 bits per heavy atom.